The molecule has 2 aromatic carbocycles. The highest BCUT2D eigenvalue weighted by Gasteiger charge is 2.28. The minimum absolute atomic E-state index is 0.0816. The van der Waals surface area contributed by atoms with E-state index in [1.807, 2.05) is 0 Å². The maximum Gasteiger partial charge on any atom is 0.313 e. The van der Waals surface area contributed by atoms with Crippen LogP contribution in [0.5, 0.6) is 5.75 Å². The van der Waals surface area contributed by atoms with Crippen LogP contribution in [-0.4, -0.2) is 30.0 Å². The quantitative estimate of drug-likeness (QED) is 0.465. The third kappa shape index (κ3) is 4.40. The number of anilines is 1. The van der Waals surface area contributed by atoms with Crippen LogP contribution in [0.3, 0.4) is 0 Å². The van der Waals surface area contributed by atoms with E-state index >= 15 is 0 Å². The molecule has 146 valence electrons. The Kier molecular flexibility index (Phi) is 5.79. The van der Waals surface area contributed by atoms with E-state index in [1.54, 1.807) is 31.2 Å². The second-order valence-electron chi connectivity index (χ2n) is 6.35. The number of rotatable bonds is 5. The minimum atomic E-state index is -0.661. The molecular weight excluding hydrogens is 388 g/mol. The van der Waals surface area contributed by atoms with Gasteiger partial charge in [-0.1, -0.05) is 23.7 Å². The van der Waals surface area contributed by atoms with Gasteiger partial charge in [-0.05, 0) is 42.7 Å². The standard InChI is InChI=1S/C19H17ClN2O6/c1-11-3-2-4-15(22(25)26)18(11)21-17(23)10-28-19(24)13-7-12-8-14(20)5-6-16(12)27-9-13/h2-6,8,13H,7,9-10H2,1H3,(H,21,23)/t13-/m1/s1. The molecule has 1 amide bonds. The molecule has 0 saturated heterocycles. The van der Waals surface area contributed by atoms with Gasteiger partial charge in [-0.2, -0.15) is 0 Å². The molecule has 0 aromatic heterocycles. The van der Waals surface area contributed by atoms with Gasteiger partial charge in [-0.3, -0.25) is 19.7 Å². The van der Waals surface area contributed by atoms with E-state index in [0.717, 1.165) is 5.56 Å². The summed E-state index contributed by atoms with van der Waals surface area (Å²) in [5, 5.41) is 14.1. The molecule has 0 bridgehead atoms. The van der Waals surface area contributed by atoms with Crippen LogP contribution in [0, 0.1) is 23.0 Å². The largest absolute Gasteiger partial charge is 0.492 e. The number of para-hydroxylation sites is 1. The van der Waals surface area contributed by atoms with Crippen molar-refractivity contribution in [2.45, 2.75) is 13.3 Å². The number of esters is 1. The number of carbonyl (C=O) groups is 2. The zero-order valence-corrected chi connectivity index (χ0v) is 15.7. The number of nitrogens with zero attached hydrogens (tertiary/aromatic N) is 1. The van der Waals surface area contributed by atoms with Gasteiger partial charge in [0.15, 0.2) is 6.61 Å². The van der Waals surface area contributed by atoms with Crippen molar-refractivity contribution in [3.05, 3.63) is 62.7 Å². The van der Waals surface area contributed by atoms with Crippen molar-refractivity contribution in [3.8, 4) is 5.75 Å². The Labute approximate surface area is 165 Å². The van der Waals surface area contributed by atoms with Crippen LogP contribution in [0.1, 0.15) is 11.1 Å². The van der Waals surface area contributed by atoms with Gasteiger partial charge in [0, 0.05) is 11.1 Å². The van der Waals surface area contributed by atoms with E-state index in [0.29, 0.717) is 22.8 Å². The van der Waals surface area contributed by atoms with Crippen molar-refractivity contribution < 1.29 is 24.0 Å². The van der Waals surface area contributed by atoms with Crippen LogP contribution in [0.15, 0.2) is 36.4 Å². The maximum absolute atomic E-state index is 12.3. The summed E-state index contributed by atoms with van der Waals surface area (Å²) in [6, 6.07) is 9.61. The summed E-state index contributed by atoms with van der Waals surface area (Å²) in [7, 11) is 0. The Balaban J connectivity index is 1.58. The first kappa shape index (κ1) is 19.6. The first-order chi connectivity index (χ1) is 13.3. The number of amides is 1. The van der Waals surface area contributed by atoms with Crippen molar-refractivity contribution in [2.75, 3.05) is 18.5 Å². The molecule has 1 N–H and O–H groups in total. The molecule has 1 aliphatic rings. The Hall–Kier alpha value is -3.13. The number of nitro benzene ring substituents is 1. The van der Waals surface area contributed by atoms with Crippen LogP contribution in [-0.2, 0) is 20.7 Å². The molecule has 1 aliphatic heterocycles. The van der Waals surface area contributed by atoms with Gasteiger partial charge in [0.2, 0.25) is 0 Å². The highest BCUT2D eigenvalue weighted by Crippen LogP contribution is 2.30. The lowest BCUT2D eigenvalue weighted by molar-refractivity contribution is -0.384. The normalized spacial score (nSPS) is 15.1. The Morgan fingerprint density at radius 3 is 2.89 bits per heavy atom. The van der Waals surface area contributed by atoms with E-state index in [1.165, 1.54) is 12.1 Å². The summed E-state index contributed by atoms with van der Waals surface area (Å²) in [4.78, 5) is 34.9. The van der Waals surface area contributed by atoms with Crippen molar-refractivity contribution >= 4 is 34.9 Å². The summed E-state index contributed by atoms with van der Waals surface area (Å²) >= 11 is 5.96. The lowest BCUT2D eigenvalue weighted by Crippen LogP contribution is -2.32. The maximum atomic E-state index is 12.3. The average molecular weight is 405 g/mol. The summed E-state index contributed by atoms with van der Waals surface area (Å²) in [5.41, 5.74) is 1.18. The van der Waals surface area contributed by atoms with Crippen LogP contribution in [0.25, 0.3) is 0 Å². The second kappa shape index (κ2) is 8.26. The third-order valence-electron chi connectivity index (χ3n) is 4.32. The van der Waals surface area contributed by atoms with Gasteiger partial charge in [-0.25, -0.2) is 0 Å². The molecule has 3 rings (SSSR count). The van der Waals surface area contributed by atoms with Gasteiger partial charge in [-0.15, -0.1) is 0 Å². The van der Waals surface area contributed by atoms with Gasteiger partial charge < -0.3 is 14.8 Å². The number of halogens is 1. The van der Waals surface area contributed by atoms with Gasteiger partial charge in [0.1, 0.15) is 18.0 Å². The van der Waals surface area contributed by atoms with Crippen LogP contribution in [0.4, 0.5) is 11.4 Å². The number of fused-ring (bicyclic) bond motifs is 1. The Morgan fingerprint density at radius 2 is 2.14 bits per heavy atom. The highest BCUT2D eigenvalue weighted by molar-refractivity contribution is 6.30. The van der Waals surface area contributed by atoms with Gasteiger partial charge in [0.25, 0.3) is 11.6 Å². The number of nitro groups is 1. The fourth-order valence-electron chi connectivity index (χ4n) is 2.91. The van der Waals surface area contributed by atoms with Gasteiger partial charge in [0.05, 0.1) is 10.8 Å². The number of hydrogen-bond donors (Lipinski definition) is 1. The Morgan fingerprint density at radius 1 is 1.36 bits per heavy atom. The van der Waals surface area contributed by atoms with Crippen LogP contribution in [0.2, 0.25) is 5.02 Å². The van der Waals surface area contributed by atoms with Gasteiger partial charge >= 0.3 is 5.97 Å². The van der Waals surface area contributed by atoms with E-state index < -0.39 is 29.3 Å². The molecule has 0 saturated carbocycles. The van der Waals surface area contributed by atoms with Crippen molar-refractivity contribution in [1.82, 2.24) is 0 Å². The molecule has 2 aromatic rings. The van der Waals surface area contributed by atoms with Crippen LogP contribution >= 0.6 is 11.6 Å². The molecule has 0 unspecified atom stereocenters. The molecule has 0 spiro atoms. The monoisotopic (exact) mass is 404 g/mol. The van der Waals surface area contributed by atoms with E-state index in [9.17, 15) is 19.7 Å². The summed E-state index contributed by atoms with van der Waals surface area (Å²) in [5.74, 6) is -1.14. The summed E-state index contributed by atoms with van der Waals surface area (Å²) < 4.78 is 10.6. The first-order valence-electron chi connectivity index (χ1n) is 8.47. The molecule has 0 aliphatic carbocycles. The zero-order chi connectivity index (χ0) is 20.3. The SMILES string of the molecule is Cc1cccc([N+](=O)[O-])c1NC(=O)COC(=O)[C@H]1COc2ccc(Cl)cc2C1. The number of nitrogens with one attached hydrogen (secondary N) is 1. The fourth-order valence-corrected chi connectivity index (χ4v) is 3.11. The van der Waals surface area contributed by atoms with Crippen molar-refractivity contribution in [3.63, 3.8) is 0 Å². The number of benzene rings is 2. The molecule has 0 radical (unpaired) electrons. The molecule has 1 heterocycles. The average Bonchev–Trinajstić information content (AvgIpc) is 2.66. The zero-order valence-electron chi connectivity index (χ0n) is 14.9. The lowest BCUT2D eigenvalue weighted by Gasteiger charge is -2.24. The molecular formula is C19H17ClN2O6. The Bertz CT molecular complexity index is 946. The fraction of sp³-hybridized carbons (Fsp3) is 0.263. The van der Waals surface area contributed by atoms with E-state index in [2.05, 4.69) is 5.32 Å². The molecule has 28 heavy (non-hydrogen) atoms. The third-order valence-corrected chi connectivity index (χ3v) is 4.55. The van der Waals surface area contributed by atoms with Crippen molar-refractivity contribution in [2.24, 2.45) is 5.92 Å². The number of carbonyl (C=O) groups excluding carboxylic acids is 2. The van der Waals surface area contributed by atoms with E-state index in [-0.39, 0.29) is 18.0 Å². The van der Waals surface area contributed by atoms with Crippen molar-refractivity contribution in [1.29, 1.82) is 0 Å². The number of hydrogen-bond acceptors (Lipinski definition) is 6. The molecule has 8 nitrogen and oxygen atoms in total. The topological polar surface area (TPSA) is 108 Å². The smallest absolute Gasteiger partial charge is 0.313 e. The molecule has 9 heteroatoms. The number of ether oxygens (including phenoxy) is 2. The summed E-state index contributed by atoms with van der Waals surface area (Å²) in [6.07, 6.45) is 0.389. The predicted octanol–water partition coefficient (Wildman–Crippen LogP) is 3.29. The van der Waals surface area contributed by atoms with E-state index in [4.69, 9.17) is 21.1 Å². The summed E-state index contributed by atoms with van der Waals surface area (Å²) in [6.45, 7) is 1.22. The number of aryl methyl sites for hydroxylation is 1. The molecule has 1 atom stereocenters. The predicted molar refractivity (Wildman–Crippen MR) is 102 cm³/mol. The highest BCUT2D eigenvalue weighted by atomic mass is 35.5. The second-order valence-corrected chi connectivity index (χ2v) is 6.78. The lowest BCUT2D eigenvalue weighted by atomic mass is 9.97. The van der Waals surface area contributed by atoms with Crippen LogP contribution < -0.4 is 10.1 Å². The molecule has 0 fully saturated rings. The first-order valence-corrected chi connectivity index (χ1v) is 8.84. The minimum Gasteiger partial charge on any atom is -0.492 e.